The molecule has 18 heavy (non-hydrogen) atoms. The van der Waals surface area contributed by atoms with Gasteiger partial charge in [-0.05, 0) is 44.0 Å². The number of pyridine rings is 1. The summed E-state index contributed by atoms with van der Waals surface area (Å²) in [4.78, 5) is 6.81. The number of rotatable bonds is 5. The van der Waals surface area contributed by atoms with Crippen LogP contribution in [0.25, 0.3) is 0 Å². The fourth-order valence-corrected chi connectivity index (χ4v) is 2.48. The summed E-state index contributed by atoms with van der Waals surface area (Å²) in [7, 11) is 0. The zero-order chi connectivity index (χ0) is 12.8. The van der Waals surface area contributed by atoms with Crippen LogP contribution in [-0.2, 0) is 0 Å². The number of piperidine rings is 1. The third-order valence-corrected chi connectivity index (χ3v) is 3.48. The Morgan fingerprint density at radius 3 is 2.89 bits per heavy atom. The van der Waals surface area contributed by atoms with Gasteiger partial charge in [-0.1, -0.05) is 13.3 Å². The lowest BCUT2D eigenvalue weighted by Gasteiger charge is -2.29. The molecule has 0 spiro atoms. The number of aromatic nitrogens is 1. The van der Waals surface area contributed by atoms with Crippen LogP contribution in [0.4, 0.5) is 11.5 Å². The highest BCUT2D eigenvalue weighted by Gasteiger charge is 2.13. The molecule has 1 aliphatic rings. The molecule has 1 aromatic rings. The first kappa shape index (κ1) is 13.1. The van der Waals surface area contributed by atoms with Gasteiger partial charge in [-0.25, -0.2) is 4.98 Å². The van der Waals surface area contributed by atoms with E-state index >= 15 is 0 Å². The fraction of sp³-hybridized carbons (Fsp3) is 0.643. The predicted molar refractivity (Wildman–Crippen MR) is 76.6 cm³/mol. The Labute approximate surface area is 110 Å². The predicted octanol–water partition coefficient (Wildman–Crippen LogP) is 2.20. The lowest BCUT2D eigenvalue weighted by Crippen LogP contribution is -2.35. The molecule has 0 radical (unpaired) electrons. The second-order valence-corrected chi connectivity index (χ2v) is 5.29. The minimum Gasteiger partial charge on any atom is -0.396 e. The number of anilines is 2. The quantitative estimate of drug-likeness (QED) is 0.839. The average molecular weight is 248 g/mol. The van der Waals surface area contributed by atoms with Crippen LogP contribution in [0.2, 0.25) is 0 Å². The number of nitrogens with zero attached hydrogens (tertiary/aromatic N) is 2. The summed E-state index contributed by atoms with van der Waals surface area (Å²) in [6.07, 6.45) is 5.88. The summed E-state index contributed by atoms with van der Waals surface area (Å²) in [5, 5.41) is 3.34. The largest absolute Gasteiger partial charge is 0.396 e. The van der Waals surface area contributed by atoms with E-state index in [-0.39, 0.29) is 0 Å². The van der Waals surface area contributed by atoms with Gasteiger partial charge in [-0.15, -0.1) is 0 Å². The van der Waals surface area contributed by atoms with Crippen molar-refractivity contribution in [3.63, 3.8) is 0 Å². The van der Waals surface area contributed by atoms with E-state index in [9.17, 15) is 0 Å². The summed E-state index contributed by atoms with van der Waals surface area (Å²) in [5.41, 5.74) is 6.58. The van der Waals surface area contributed by atoms with Crippen molar-refractivity contribution in [2.45, 2.75) is 26.2 Å². The molecule has 1 aliphatic heterocycles. The van der Waals surface area contributed by atoms with Crippen LogP contribution in [0.5, 0.6) is 0 Å². The van der Waals surface area contributed by atoms with Crippen molar-refractivity contribution in [1.82, 2.24) is 9.88 Å². The molecular weight excluding hydrogens is 224 g/mol. The third kappa shape index (κ3) is 3.88. The van der Waals surface area contributed by atoms with Crippen molar-refractivity contribution in [1.29, 1.82) is 0 Å². The summed E-state index contributed by atoms with van der Waals surface area (Å²) >= 11 is 0. The minimum absolute atomic E-state index is 0.615. The van der Waals surface area contributed by atoms with Crippen molar-refractivity contribution < 1.29 is 0 Å². The molecule has 1 fully saturated rings. The highest BCUT2D eigenvalue weighted by molar-refractivity contribution is 5.60. The first-order valence-corrected chi connectivity index (χ1v) is 6.92. The van der Waals surface area contributed by atoms with Crippen LogP contribution < -0.4 is 11.1 Å². The first-order valence-electron chi connectivity index (χ1n) is 6.92. The Kier molecular flexibility index (Phi) is 4.81. The van der Waals surface area contributed by atoms with Crippen LogP contribution in [0.3, 0.4) is 0 Å². The van der Waals surface area contributed by atoms with Crippen molar-refractivity contribution in [3.05, 3.63) is 18.3 Å². The number of nitrogens with one attached hydrogen (secondary N) is 1. The SMILES string of the molecule is CC(CNc1ncccc1N)CN1CCCCC1. The highest BCUT2D eigenvalue weighted by atomic mass is 15.1. The van der Waals surface area contributed by atoms with E-state index in [1.807, 2.05) is 12.1 Å². The van der Waals surface area contributed by atoms with Crippen molar-refractivity contribution in [2.24, 2.45) is 5.92 Å². The Hall–Kier alpha value is -1.29. The maximum atomic E-state index is 5.86. The standard InChI is InChI=1S/C14H24N4/c1-12(11-18-8-3-2-4-9-18)10-17-14-13(15)6-5-7-16-14/h5-7,12H,2-4,8-11,15H2,1H3,(H,16,17). The van der Waals surface area contributed by atoms with E-state index < -0.39 is 0 Å². The van der Waals surface area contributed by atoms with Gasteiger partial charge < -0.3 is 16.0 Å². The molecule has 100 valence electrons. The summed E-state index contributed by atoms with van der Waals surface area (Å²) in [5.74, 6) is 1.42. The van der Waals surface area contributed by atoms with E-state index in [4.69, 9.17) is 5.73 Å². The Bertz CT molecular complexity index is 361. The number of hydrogen-bond acceptors (Lipinski definition) is 4. The van der Waals surface area contributed by atoms with Gasteiger partial charge in [0.25, 0.3) is 0 Å². The monoisotopic (exact) mass is 248 g/mol. The number of nitrogens with two attached hydrogens (primary N) is 1. The van der Waals surface area contributed by atoms with Gasteiger partial charge in [0.1, 0.15) is 5.82 Å². The second-order valence-electron chi connectivity index (χ2n) is 5.29. The zero-order valence-corrected chi connectivity index (χ0v) is 11.2. The van der Waals surface area contributed by atoms with Crippen LogP contribution in [0, 0.1) is 5.92 Å². The highest BCUT2D eigenvalue weighted by Crippen LogP contribution is 2.15. The van der Waals surface area contributed by atoms with Gasteiger partial charge in [0.15, 0.2) is 0 Å². The molecule has 1 aromatic heterocycles. The molecule has 3 N–H and O–H groups in total. The van der Waals surface area contributed by atoms with Gasteiger partial charge in [0, 0.05) is 19.3 Å². The molecule has 1 atom stereocenters. The van der Waals surface area contributed by atoms with E-state index in [2.05, 4.69) is 22.1 Å². The maximum absolute atomic E-state index is 5.86. The van der Waals surface area contributed by atoms with Crippen molar-refractivity contribution in [3.8, 4) is 0 Å². The second kappa shape index (κ2) is 6.59. The topological polar surface area (TPSA) is 54.2 Å². The maximum Gasteiger partial charge on any atom is 0.149 e. The fourth-order valence-electron chi connectivity index (χ4n) is 2.48. The average Bonchev–Trinajstić information content (AvgIpc) is 2.39. The molecule has 1 saturated heterocycles. The number of likely N-dealkylation sites (tertiary alicyclic amines) is 1. The molecule has 2 heterocycles. The molecule has 1 unspecified atom stereocenters. The molecule has 0 aromatic carbocycles. The molecule has 2 rings (SSSR count). The smallest absolute Gasteiger partial charge is 0.149 e. The van der Waals surface area contributed by atoms with Crippen molar-refractivity contribution in [2.75, 3.05) is 37.2 Å². The van der Waals surface area contributed by atoms with Crippen LogP contribution >= 0.6 is 0 Å². The van der Waals surface area contributed by atoms with Gasteiger partial charge >= 0.3 is 0 Å². The summed E-state index contributed by atoms with van der Waals surface area (Å²) < 4.78 is 0. The number of hydrogen-bond donors (Lipinski definition) is 2. The zero-order valence-electron chi connectivity index (χ0n) is 11.2. The Balaban J connectivity index is 1.74. The molecule has 4 heteroatoms. The molecule has 0 aliphatic carbocycles. The molecule has 0 amide bonds. The van der Waals surface area contributed by atoms with E-state index in [1.165, 1.54) is 38.9 Å². The minimum atomic E-state index is 0.615. The normalized spacial score (nSPS) is 18.5. The molecule has 4 nitrogen and oxygen atoms in total. The van der Waals surface area contributed by atoms with Crippen LogP contribution in [-0.4, -0.2) is 36.1 Å². The Morgan fingerprint density at radius 2 is 2.17 bits per heavy atom. The van der Waals surface area contributed by atoms with Crippen LogP contribution in [0.1, 0.15) is 26.2 Å². The van der Waals surface area contributed by atoms with E-state index in [0.29, 0.717) is 5.92 Å². The Morgan fingerprint density at radius 1 is 1.39 bits per heavy atom. The van der Waals surface area contributed by atoms with Gasteiger partial charge in [0.2, 0.25) is 0 Å². The molecule has 0 saturated carbocycles. The lowest BCUT2D eigenvalue weighted by atomic mass is 10.1. The molecular formula is C14H24N4. The van der Waals surface area contributed by atoms with Gasteiger partial charge in [-0.3, -0.25) is 0 Å². The number of nitrogen functional groups attached to an aromatic ring is 1. The summed E-state index contributed by atoms with van der Waals surface area (Å²) in [6.45, 7) is 6.89. The van der Waals surface area contributed by atoms with Crippen LogP contribution in [0.15, 0.2) is 18.3 Å². The van der Waals surface area contributed by atoms with Gasteiger partial charge in [0.05, 0.1) is 5.69 Å². The van der Waals surface area contributed by atoms with Gasteiger partial charge in [-0.2, -0.15) is 0 Å². The lowest BCUT2D eigenvalue weighted by molar-refractivity contribution is 0.204. The van der Waals surface area contributed by atoms with E-state index in [0.717, 1.165) is 18.1 Å². The molecule has 0 bridgehead atoms. The first-order chi connectivity index (χ1) is 8.75. The summed E-state index contributed by atoms with van der Waals surface area (Å²) in [6, 6.07) is 3.74. The van der Waals surface area contributed by atoms with E-state index in [1.54, 1.807) is 6.20 Å². The third-order valence-electron chi connectivity index (χ3n) is 3.48. The van der Waals surface area contributed by atoms with Crippen molar-refractivity contribution >= 4 is 11.5 Å².